The summed E-state index contributed by atoms with van der Waals surface area (Å²) in [5.41, 5.74) is 6.36. The topological polar surface area (TPSA) is 56.5 Å². The van der Waals surface area contributed by atoms with Gasteiger partial charge in [-0.05, 0) is 30.5 Å². The summed E-state index contributed by atoms with van der Waals surface area (Å²) in [4.78, 5) is 0. The molecule has 4 nitrogen and oxygen atoms in total. The first kappa shape index (κ1) is 16.1. The largest absolute Gasteiger partial charge is 0.573 e. The average molecular weight is 304 g/mol. The molecular formula is C14H19F3N2O2. The second-order valence-electron chi connectivity index (χ2n) is 4.95. The van der Waals surface area contributed by atoms with E-state index in [1.165, 1.54) is 18.2 Å². The van der Waals surface area contributed by atoms with E-state index < -0.39 is 6.36 Å². The number of ether oxygens (including phenoxy) is 2. The first-order valence-corrected chi connectivity index (χ1v) is 6.88. The maximum Gasteiger partial charge on any atom is 0.573 e. The molecule has 118 valence electrons. The molecule has 21 heavy (non-hydrogen) atoms. The van der Waals surface area contributed by atoms with Crippen LogP contribution < -0.4 is 15.8 Å². The van der Waals surface area contributed by atoms with Crippen molar-refractivity contribution in [1.82, 2.24) is 5.32 Å². The summed E-state index contributed by atoms with van der Waals surface area (Å²) in [5, 5.41) is 3.23. The van der Waals surface area contributed by atoms with Crippen molar-refractivity contribution in [2.75, 3.05) is 19.7 Å². The molecule has 0 aromatic heterocycles. The van der Waals surface area contributed by atoms with E-state index in [0.29, 0.717) is 12.1 Å². The molecule has 1 aliphatic rings. The van der Waals surface area contributed by atoms with Gasteiger partial charge >= 0.3 is 6.36 Å². The van der Waals surface area contributed by atoms with Gasteiger partial charge in [0.15, 0.2) is 0 Å². The predicted octanol–water partition coefficient (Wildman–Crippen LogP) is 2.35. The van der Waals surface area contributed by atoms with Crippen molar-refractivity contribution in [3.8, 4) is 5.75 Å². The van der Waals surface area contributed by atoms with Crippen LogP contribution in [-0.2, 0) is 4.74 Å². The van der Waals surface area contributed by atoms with Crippen LogP contribution in [0.4, 0.5) is 13.2 Å². The van der Waals surface area contributed by atoms with Gasteiger partial charge in [-0.3, -0.25) is 0 Å². The van der Waals surface area contributed by atoms with Crippen LogP contribution in [-0.4, -0.2) is 32.2 Å². The summed E-state index contributed by atoms with van der Waals surface area (Å²) >= 11 is 0. The van der Waals surface area contributed by atoms with Crippen molar-refractivity contribution < 1.29 is 22.6 Å². The van der Waals surface area contributed by atoms with Gasteiger partial charge in [0, 0.05) is 25.7 Å². The molecule has 0 amide bonds. The van der Waals surface area contributed by atoms with Crippen LogP contribution >= 0.6 is 0 Å². The zero-order chi connectivity index (χ0) is 15.3. The van der Waals surface area contributed by atoms with Gasteiger partial charge in [-0.25, -0.2) is 0 Å². The lowest BCUT2D eigenvalue weighted by Gasteiger charge is -2.20. The van der Waals surface area contributed by atoms with Crippen molar-refractivity contribution >= 4 is 0 Å². The lowest BCUT2D eigenvalue weighted by atomic mass is 10.1. The normalized spacial score (nSPS) is 20.5. The Bertz CT molecular complexity index is 448. The molecule has 2 atom stereocenters. The zero-order valence-electron chi connectivity index (χ0n) is 11.5. The van der Waals surface area contributed by atoms with Gasteiger partial charge in [-0.15, -0.1) is 13.2 Å². The Kier molecular flexibility index (Phi) is 5.44. The molecule has 0 bridgehead atoms. The zero-order valence-corrected chi connectivity index (χ0v) is 11.5. The highest BCUT2D eigenvalue weighted by Crippen LogP contribution is 2.25. The molecule has 7 heteroatoms. The molecular weight excluding hydrogens is 285 g/mol. The highest BCUT2D eigenvalue weighted by molar-refractivity contribution is 5.31. The van der Waals surface area contributed by atoms with Gasteiger partial charge in [-0.1, -0.05) is 12.1 Å². The SMILES string of the molecule is NCC(NCC1CCCO1)c1cccc(OC(F)(F)F)c1. The fourth-order valence-electron chi connectivity index (χ4n) is 2.34. The number of nitrogens with two attached hydrogens (primary N) is 1. The number of hydrogen-bond donors (Lipinski definition) is 2. The quantitative estimate of drug-likeness (QED) is 0.847. The Morgan fingerprint density at radius 3 is 2.86 bits per heavy atom. The third-order valence-electron chi connectivity index (χ3n) is 3.35. The molecule has 0 spiro atoms. The van der Waals surface area contributed by atoms with Gasteiger partial charge in [0.05, 0.1) is 6.10 Å². The van der Waals surface area contributed by atoms with Crippen LogP contribution in [0.25, 0.3) is 0 Å². The van der Waals surface area contributed by atoms with E-state index >= 15 is 0 Å². The first-order chi connectivity index (χ1) is 9.98. The molecule has 1 heterocycles. The molecule has 2 unspecified atom stereocenters. The third-order valence-corrected chi connectivity index (χ3v) is 3.35. The van der Waals surface area contributed by atoms with E-state index in [1.54, 1.807) is 6.07 Å². The minimum Gasteiger partial charge on any atom is -0.406 e. The van der Waals surface area contributed by atoms with Crippen molar-refractivity contribution in [3.05, 3.63) is 29.8 Å². The molecule has 1 aliphatic heterocycles. The number of hydrogen-bond acceptors (Lipinski definition) is 4. The van der Waals surface area contributed by atoms with E-state index in [9.17, 15) is 13.2 Å². The Morgan fingerprint density at radius 1 is 1.43 bits per heavy atom. The maximum atomic E-state index is 12.2. The van der Waals surface area contributed by atoms with Crippen molar-refractivity contribution in [2.24, 2.45) is 5.73 Å². The molecule has 1 saturated heterocycles. The monoisotopic (exact) mass is 304 g/mol. The van der Waals surface area contributed by atoms with Gasteiger partial charge in [0.2, 0.25) is 0 Å². The fraction of sp³-hybridized carbons (Fsp3) is 0.571. The summed E-state index contributed by atoms with van der Waals surface area (Å²) in [6, 6.07) is 5.64. The fourth-order valence-corrected chi connectivity index (χ4v) is 2.34. The highest BCUT2D eigenvalue weighted by Gasteiger charge is 2.31. The minimum atomic E-state index is -4.69. The number of rotatable bonds is 6. The Morgan fingerprint density at radius 2 is 2.24 bits per heavy atom. The van der Waals surface area contributed by atoms with E-state index in [0.717, 1.165) is 19.4 Å². The summed E-state index contributed by atoms with van der Waals surface area (Å²) in [6.45, 7) is 1.67. The average Bonchev–Trinajstić information content (AvgIpc) is 2.91. The summed E-state index contributed by atoms with van der Waals surface area (Å²) in [7, 11) is 0. The number of alkyl halides is 3. The smallest absolute Gasteiger partial charge is 0.406 e. The van der Waals surface area contributed by atoms with Crippen molar-refractivity contribution in [1.29, 1.82) is 0 Å². The lowest BCUT2D eigenvalue weighted by Crippen LogP contribution is -2.34. The lowest BCUT2D eigenvalue weighted by molar-refractivity contribution is -0.274. The van der Waals surface area contributed by atoms with Crippen LogP contribution in [0.2, 0.25) is 0 Å². The second-order valence-corrected chi connectivity index (χ2v) is 4.95. The van der Waals surface area contributed by atoms with Crippen LogP contribution in [0.1, 0.15) is 24.4 Å². The van der Waals surface area contributed by atoms with Crippen molar-refractivity contribution in [2.45, 2.75) is 31.3 Å². The Hall–Kier alpha value is -1.31. The molecule has 1 fully saturated rings. The van der Waals surface area contributed by atoms with Crippen molar-refractivity contribution in [3.63, 3.8) is 0 Å². The van der Waals surface area contributed by atoms with Gasteiger partial charge in [-0.2, -0.15) is 0 Å². The van der Waals surface area contributed by atoms with E-state index in [4.69, 9.17) is 10.5 Å². The predicted molar refractivity (Wildman–Crippen MR) is 71.9 cm³/mol. The van der Waals surface area contributed by atoms with Gasteiger partial charge < -0.3 is 20.5 Å². The van der Waals surface area contributed by atoms with E-state index in [2.05, 4.69) is 10.1 Å². The highest BCUT2D eigenvalue weighted by atomic mass is 19.4. The molecule has 3 N–H and O–H groups in total. The molecule has 1 aromatic carbocycles. The summed E-state index contributed by atoms with van der Waals surface area (Å²) < 4.78 is 46.1. The van der Waals surface area contributed by atoms with E-state index in [1.807, 2.05) is 0 Å². The first-order valence-electron chi connectivity index (χ1n) is 6.88. The Balaban J connectivity index is 1.98. The standard InChI is InChI=1S/C14H19F3N2O2/c15-14(16,17)21-11-4-1-3-10(7-11)13(8-18)19-9-12-5-2-6-20-12/h1,3-4,7,12-13,19H,2,5-6,8-9,18H2. The molecule has 2 rings (SSSR count). The second kappa shape index (κ2) is 7.11. The van der Waals surface area contributed by atoms with Gasteiger partial charge in [0.25, 0.3) is 0 Å². The number of nitrogens with one attached hydrogen (secondary N) is 1. The summed E-state index contributed by atoms with van der Waals surface area (Å²) in [6.07, 6.45) is -2.52. The maximum absolute atomic E-state index is 12.2. The van der Waals surface area contributed by atoms with Gasteiger partial charge in [0.1, 0.15) is 5.75 Å². The molecule has 1 aromatic rings. The van der Waals surface area contributed by atoms with Crippen LogP contribution in [0.5, 0.6) is 5.75 Å². The molecule has 0 radical (unpaired) electrons. The van der Waals surface area contributed by atoms with Crippen LogP contribution in [0.3, 0.4) is 0 Å². The number of halogens is 3. The Labute approximate surface area is 121 Å². The molecule has 0 aliphatic carbocycles. The van der Waals surface area contributed by atoms with Crippen LogP contribution in [0, 0.1) is 0 Å². The minimum absolute atomic E-state index is 0.147. The van der Waals surface area contributed by atoms with Crippen LogP contribution in [0.15, 0.2) is 24.3 Å². The number of benzene rings is 1. The summed E-state index contributed by atoms with van der Waals surface area (Å²) in [5.74, 6) is -0.239. The molecule has 0 saturated carbocycles. The third kappa shape index (κ3) is 5.18. The van der Waals surface area contributed by atoms with E-state index in [-0.39, 0.29) is 24.4 Å².